The zero-order chi connectivity index (χ0) is 17.4. The monoisotopic (exact) mass is 369 g/mol. The highest BCUT2D eigenvalue weighted by molar-refractivity contribution is 8.00. The van der Waals surface area contributed by atoms with Crippen molar-refractivity contribution in [3.63, 3.8) is 0 Å². The van der Waals surface area contributed by atoms with Crippen LogP contribution in [0.3, 0.4) is 0 Å². The molecule has 1 saturated heterocycles. The minimum atomic E-state index is -0.0276. The molecule has 0 unspecified atom stereocenters. The van der Waals surface area contributed by atoms with E-state index >= 15 is 0 Å². The van der Waals surface area contributed by atoms with Crippen LogP contribution < -0.4 is 9.64 Å². The third-order valence-electron chi connectivity index (χ3n) is 4.33. The Kier molecular flexibility index (Phi) is 4.32. The van der Waals surface area contributed by atoms with E-state index in [0.29, 0.717) is 10.8 Å². The number of thioether (sulfide) groups is 1. The van der Waals surface area contributed by atoms with Crippen LogP contribution in [0.1, 0.15) is 10.9 Å². The van der Waals surface area contributed by atoms with Crippen LogP contribution in [0.15, 0.2) is 60.7 Å². The number of hydrogen-bond donors (Lipinski definition) is 0. The van der Waals surface area contributed by atoms with Gasteiger partial charge >= 0.3 is 0 Å². The van der Waals surface area contributed by atoms with Crippen molar-refractivity contribution in [1.82, 2.24) is 0 Å². The Labute approximate surface area is 155 Å². The van der Waals surface area contributed by atoms with Gasteiger partial charge in [-0.15, -0.1) is 11.8 Å². The Bertz CT molecular complexity index is 942. The number of anilines is 1. The first-order valence-corrected chi connectivity index (χ1v) is 9.35. The summed E-state index contributed by atoms with van der Waals surface area (Å²) in [6.07, 6.45) is 0. The summed E-state index contributed by atoms with van der Waals surface area (Å²) >= 11 is 7.62. The molecule has 1 fully saturated rings. The molecule has 5 heteroatoms. The number of methoxy groups -OCH3 is 1. The zero-order valence-electron chi connectivity index (χ0n) is 13.6. The molecular formula is C20H16ClNO2S. The van der Waals surface area contributed by atoms with Crippen molar-refractivity contribution in [2.45, 2.75) is 5.37 Å². The lowest BCUT2D eigenvalue weighted by atomic mass is 10.1. The van der Waals surface area contributed by atoms with E-state index in [1.165, 1.54) is 0 Å². The molecule has 126 valence electrons. The molecule has 1 aliphatic heterocycles. The predicted octanol–water partition coefficient (Wildman–Crippen LogP) is 5.28. The molecule has 1 atom stereocenters. The Morgan fingerprint density at radius 2 is 1.76 bits per heavy atom. The smallest absolute Gasteiger partial charge is 0.238 e. The molecule has 3 aromatic carbocycles. The number of carbonyl (C=O) groups excluding carboxylic acids is 1. The quantitative estimate of drug-likeness (QED) is 0.629. The first-order chi connectivity index (χ1) is 12.2. The molecule has 0 saturated carbocycles. The van der Waals surface area contributed by atoms with Crippen LogP contribution in [0, 0.1) is 0 Å². The van der Waals surface area contributed by atoms with Gasteiger partial charge < -0.3 is 4.74 Å². The molecule has 25 heavy (non-hydrogen) atoms. The number of nitrogens with zero attached hydrogens (tertiary/aromatic N) is 1. The number of hydrogen-bond acceptors (Lipinski definition) is 3. The Balaban J connectivity index is 1.73. The fourth-order valence-electron chi connectivity index (χ4n) is 3.07. The van der Waals surface area contributed by atoms with E-state index in [2.05, 4.69) is 18.2 Å². The summed E-state index contributed by atoms with van der Waals surface area (Å²) in [7, 11) is 1.67. The van der Waals surface area contributed by atoms with Crippen LogP contribution in [0.4, 0.5) is 5.69 Å². The van der Waals surface area contributed by atoms with E-state index in [-0.39, 0.29) is 11.3 Å². The maximum Gasteiger partial charge on any atom is 0.238 e. The van der Waals surface area contributed by atoms with Gasteiger partial charge in [0.25, 0.3) is 0 Å². The van der Waals surface area contributed by atoms with E-state index in [1.807, 2.05) is 47.4 Å². The van der Waals surface area contributed by atoms with Gasteiger partial charge in [-0.25, -0.2) is 0 Å². The molecule has 0 bridgehead atoms. The lowest BCUT2D eigenvalue weighted by Gasteiger charge is -2.24. The molecule has 0 radical (unpaired) electrons. The number of benzene rings is 3. The Morgan fingerprint density at radius 1 is 1.04 bits per heavy atom. The van der Waals surface area contributed by atoms with E-state index < -0.39 is 0 Å². The highest BCUT2D eigenvalue weighted by Crippen LogP contribution is 2.42. The number of fused-ring (bicyclic) bond motifs is 1. The summed E-state index contributed by atoms with van der Waals surface area (Å²) in [5.41, 5.74) is 1.99. The van der Waals surface area contributed by atoms with Crippen molar-refractivity contribution in [1.29, 1.82) is 0 Å². The fourth-order valence-corrected chi connectivity index (χ4v) is 4.37. The second-order valence-corrected chi connectivity index (χ2v) is 7.38. The fraction of sp³-hybridized carbons (Fsp3) is 0.150. The van der Waals surface area contributed by atoms with Crippen molar-refractivity contribution in [3.05, 3.63) is 71.2 Å². The third kappa shape index (κ3) is 3.08. The zero-order valence-corrected chi connectivity index (χ0v) is 15.2. The van der Waals surface area contributed by atoms with Gasteiger partial charge in [0, 0.05) is 10.7 Å². The summed E-state index contributed by atoms with van der Waals surface area (Å²) < 4.78 is 5.28. The average Bonchev–Trinajstić information content (AvgIpc) is 3.03. The van der Waals surface area contributed by atoms with Crippen LogP contribution in [-0.4, -0.2) is 18.8 Å². The molecule has 4 rings (SSSR count). The molecular weight excluding hydrogens is 354 g/mol. The molecule has 0 aromatic heterocycles. The largest absolute Gasteiger partial charge is 0.497 e. The first-order valence-electron chi connectivity index (χ1n) is 7.92. The van der Waals surface area contributed by atoms with Crippen LogP contribution >= 0.6 is 23.4 Å². The van der Waals surface area contributed by atoms with Gasteiger partial charge in [0.15, 0.2) is 0 Å². The topological polar surface area (TPSA) is 29.5 Å². The minimum absolute atomic E-state index is 0.0276. The summed E-state index contributed by atoms with van der Waals surface area (Å²) in [6.45, 7) is 0. The van der Waals surface area contributed by atoms with E-state index in [0.717, 1.165) is 27.8 Å². The van der Waals surface area contributed by atoms with Gasteiger partial charge in [0.05, 0.1) is 12.9 Å². The van der Waals surface area contributed by atoms with Crippen molar-refractivity contribution >= 4 is 45.7 Å². The third-order valence-corrected chi connectivity index (χ3v) is 5.79. The van der Waals surface area contributed by atoms with Crippen LogP contribution in [0.25, 0.3) is 10.8 Å². The molecule has 0 spiro atoms. The van der Waals surface area contributed by atoms with E-state index in [1.54, 1.807) is 18.9 Å². The maximum atomic E-state index is 12.4. The van der Waals surface area contributed by atoms with Crippen LogP contribution in [0.2, 0.25) is 5.02 Å². The molecule has 1 heterocycles. The highest BCUT2D eigenvalue weighted by Gasteiger charge is 2.34. The first kappa shape index (κ1) is 16.3. The lowest BCUT2D eigenvalue weighted by Crippen LogP contribution is -2.27. The normalized spacial score (nSPS) is 17.3. The predicted molar refractivity (Wildman–Crippen MR) is 105 cm³/mol. The number of rotatable bonds is 3. The molecule has 0 aliphatic carbocycles. The van der Waals surface area contributed by atoms with E-state index in [4.69, 9.17) is 16.3 Å². The second-order valence-electron chi connectivity index (χ2n) is 5.88. The maximum absolute atomic E-state index is 12.4. The van der Waals surface area contributed by atoms with Gasteiger partial charge in [-0.1, -0.05) is 29.8 Å². The molecule has 3 aromatic rings. The van der Waals surface area contributed by atoms with Gasteiger partial charge in [-0.05, 0) is 58.8 Å². The number of halogens is 1. The summed E-state index contributed by atoms with van der Waals surface area (Å²) in [4.78, 5) is 14.3. The summed E-state index contributed by atoms with van der Waals surface area (Å²) in [6, 6.07) is 19.8. The van der Waals surface area contributed by atoms with Crippen molar-refractivity contribution in [2.75, 3.05) is 17.8 Å². The van der Waals surface area contributed by atoms with Crippen LogP contribution in [0.5, 0.6) is 5.75 Å². The lowest BCUT2D eigenvalue weighted by molar-refractivity contribution is -0.115. The van der Waals surface area contributed by atoms with E-state index in [9.17, 15) is 4.79 Å². The number of amides is 1. The molecule has 1 aliphatic rings. The van der Waals surface area contributed by atoms with Crippen molar-refractivity contribution < 1.29 is 9.53 Å². The van der Waals surface area contributed by atoms with Gasteiger partial charge in [0.2, 0.25) is 5.91 Å². The van der Waals surface area contributed by atoms with Gasteiger partial charge in [-0.2, -0.15) is 0 Å². The SMILES string of the molecule is COc1ccc2cc([C@H]3SCC(=O)N3c3ccc(Cl)cc3)ccc2c1. The molecule has 0 N–H and O–H groups in total. The minimum Gasteiger partial charge on any atom is -0.497 e. The molecule has 3 nitrogen and oxygen atoms in total. The number of carbonyl (C=O) groups is 1. The van der Waals surface area contributed by atoms with Crippen molar-refractivity contribution in [2.24, 2.45) is 0 Å². The van der Waals surface area contributed by atoms with Crippen molar-refractivity contribution in [3.8, 4) is 5.75 Å². The average molecular weight is 370 g/mol. The standard InChI is InChI=1S/C20H16ClNO2S/c1-24-18-9-4-13-10-15(3-2-14(13)11-18)20-22(19(23)12-25-20)17-7-5-16(21)6-8-17/h2-11,20H,12H2,1H3/t20-/m1/s1. The Morgan fingerprint density at radius 3 is 2.52 bits per heavy atom. The summed E-state index contributed by atoms with van der Waals surface area (Å²) in [5, 5.41) is 2.89. The Hall–Kier alpha value is -2.17. The molecule has 1 amide bonds. The highest BCUT2D eigenvalue weighted by atomic mass is 35.5. The van der Waals surface area contributed by atoms with Gasteiger partial charge in [0.1, 0.15) is 11.1 Å². The van der Waals surface area contributed by atoms with Crippen LogP contribution in [-0.2, 0) is 4.79 Å². The number of ether oxygens (including phenoxy) is 1. The summed E-state index contributed by atoms with van der Waals surface area (Å²) in [5.74, 6) is 1.44. The van der Waals surface area contributed by atoms with Gasteiger partial charge in [-0.3, -0.25) is 9.69 Å². The second kappa shape index (κ2) is 6.62.